The molecule has 0 atom stereocenters. The molecule has 230 valence electrons. The number of hydrogen-bond acceptors (Lipinski definition) is 5. The number of nitrogens with one attached hydrogen (secondary N) is 4. The molecule has 0 saturated carbocycles. The van der Waals surface area contributed by atoms with Crippen molar-refractivity contribution in [3.8, 4) is 17.2 Å². The zero-order valence-electron chi connectivity index (χ0n) is 26.1. The number of nitrogens with zero attached hydrogens (tertiary/aromatic N) is 3. The van der Waals surface area contributed by atoms with Crippen LogP contribution in [0.2, 0.25) is 0 Å². The van der Waals surface area contributed by atoms with Crippen LogP contribution in [-0.2, 0) is 5.41 Å². The molecule has 0 unspecified atom stereocenters. The molecule has 4 amide bonds. The van der Waals surface area contributed by atoms with Gasteiger partial charge in [0.2, 0.25) is 0 Å². The SMILES string of the molecule is C=C(CC)NC(=O)Nc1cc(Oc2ccc(NC(=O)Nc3cc(C(C)(C)C)nn3-c3ccc(C)cc3)c3ccccc23)ccn1. The highest BCUT2D eigenvalue weighted by molar-refractivity contribution is 6.07. The minimum absolute atomic E-state index is 0.211. The van der Waals surface area contributed by atoms with Crippen LogP contribution in [0.5, 0.6) is 11.5 Å². The molecule has 0 fully saturated rings. The molecule has 10 heteroatoms. The summed E-state index contributed by atoms with van der Waals surface area (Å²) in [6.07, 6.45) is 2.17. The second-order valence-corrected chi connectivity index (χ2v) is 11.7. The number of aromatic nitrogens is 3. The Kier molecular flexibility index (Phi) is 8.85. The first-order chi connectivity index (χ1) is 21.5. The Balaban J connectivity index is 1.36. The maximum atomic E-state index is 13.4. The van der Waals surface area contributed by atoms with Crippen molar-refractivity contribution in [2.24, 2.45) is 0 Å². The summed E-state index contributed by atoms with van der Waals surface area (Å²) in [5.41, 5.74) is 3.83. The molecule has 45 heavy (non-hydrogen) atoms. The van der Waals surface area contributed by atoms with Crippen LogP contribution in [0.25, 0.3) is 16.5 Å². The van der Waals surface area contributed by atoms with Gasteiger partial charge in [-0.1, -0.05) is 76.2 Å². The topological polar surface area (TPSA) is 122 Å². The Bertz CT molecular complexity index is 1870. The average molecular weight is 604 g/mol. The molecule has 0 spiro atoms. The lowest BCUT2D eigenvalue weighted by molar-refractivity contribution is 0.254. The molecule has 0 saturated heterocycles. The van der Waals surface area contributed by atoms with Gasteiger partial charge in [0.1, 0.15) is 23.1 Å². The number of urea groups is 2. The van der Waals surface area contributed by atoms with E-state index < -0.39 is 12.1 Å². The molecule has 2 aromatic heterocycles. The second kappa shape index (κ2) is 12.9. The summed E-state index contributed by atoms with van der Waals surface area (Å²) in [5.74, 6) is 1.94. The third kappa shape index (κ3) is 7.48. The molecule has 0 aliphatic rings. The normalized spacial score (nSPS) is 11.1. The van der Waals surface area contributed by atoms with E-state index in [1.165, 1.54) is 0 Å². The number of carbonyl (C=O) groups excluding carboxylic acids is 2. The highest BCUT2D eigenvalue weighted by Gasteiger charge is 2.22. The van der Waals surface area contributed by atoms with Gasteiger partial charge in [0.05, 0.1) is 17.1 Å². The average Bonchev–Trinajstić information content (AvgIpc) is 3.43. The monoisotopic (exact) mass is 603 g/mol. The van der Waals surface area contributed by atoms with Gasteiger partial charge in [-0.25, -0.2) is 19.3 Å². The van der Waals surface area contributed by atoms with Crippen LogP contribution in [0, 0.1) is 6.92 Å². The number of hydrogen-bond donors (Lipinski definition) is 4. The highest BCUT2D eigenvalue weighted by atomic mass is 16.5. The Morgan fingerprint density at radius 2 is 1.62 bits per heavy atom. The third-order valence-electron chi connectivity index (χ3n) is 7.05. The number of aryl methyl sites for hydroxylation is 1. The van der Waals surface area contributed by atoms with Crippen molar-refractivity contribution < 1.29 is 14.3 Å². The van der Waals surface area contributed by atoms with E-state index in [9.17, 15) is 9.59 Å². The Morgan fingerprint density at radius 1 is 0.889 bits per heavy atom. The lowest BCUT2D eigenvalue weighted by Gasteiger charge is -2.15. The van der Waals surface area contributed by atoms with Gasteiger partial charge in [-0.2, -0.15) is 5.10 Å². The van der Waals surface area contributed by atoms with Crippen molar-refractivity contribution in [3.63, 3.8) is 0 Å². The van der Waals surface area contributed by atoms with Crippen LogP contribution in [0.15, 0.2) is 97.3 Å². The van der Waals surface area contributed by atoms with Crippen LogP contribution in [0.3, 0.4) is 0 Å². The fraction of sp³-hybridized carbons (Fsp3) is 0.200. The minimum atomic E-state index is -0.429. The molecule has 0 radical (unpaired) electrons. The number of ether oxygens (including phenoxy) is 1. The van der Waals surface area contributed by atoms with Crippen LogP contribution in [0.1, 0.15) is 45.4 Å². The quantitative estimate of drug-likeness (QED) is 0.142. The standard InChI is InChI=1S/C35H37N7O3/c1-7-23(3)37-33(43)39-31-20-25(18-19-36-31)45-29-17-16-28(26-10-8-9-11-27(26)29)38-34(44)40-32-21-30(35(4,5)6)41-42(32)24-14-12-22(2)13-15-24/h8-21H,3,7H2,1-2,4-6H3,(H2,38,40,44)(H2,36,37,39,43). The number of anilines is 3. The smallest absolute Gasteiger partial charge is 0.324 e. The number of allylic oxidation sites excluding steroid dienone is 1. The highest BCUT2D eigenvalue weighted by Crippen LogP contribution is 2.35. The van der Waals surface area contributed by atoms with Crippen molar-refractivity contribution in [1.82, 2.24) is 20.1 Å². The van der Waals surface area contributed by atoms with E-state index in [-0.39, 0.29) is 5.41 Å². The van der Waals surface area contributed by atoms with Crippen molar-refractivity contribution in [1.29, 1.82) is 0 Å². The first-order valence-electron chi connectivity index (χ1n) is 14.7. The summed E-state index contributed by atoms with van der Waals surface area (Å²) < 4.78 is 7.96. The maximum absolute atomic E-state index is 13.4. The zero-order valence-corrected chi connectivity index (χ0v) is 26.1. The largest absolute Gasteiger partial charge is 0.457 e. The van der Waals surface area contributed by atoms with Gasteiger partial charge < -0.3 is 15.4 Å². The predicted molar refractivity (Wildman–Crippen MR) is 179 cm³/mol. The lowest BCUT2D eigenvalue weighted by Crippen LogP contribution is -2.27. The summed E-state index contributed by atoms with van der Waals surface area (Å²) in [6.45, 7) is 14.0. The fourth-order valence-corrected chi connectivity index (χ4v) is 4.53. The van der Waals surface area contributed by atoms with E-state index in [4.69, 9.17) is 9.84 Å². The van der Waals surface area contributed by atoms with E-state index >= 15 is 0 Å². The van der Waals surface area contributed by atoms with Gasteiger partial charge >= 0.3 is 12.1 Å². The number of benzene rings is 3. The molecule has 0 aliphatic heterocycles. The number of carbonyl (C=O) groups is 2. The van der Waals surface area contributed by atoms with Gasteiger partial charge in [-0.05, 0) is 43.7 Å². The van der Waals surface area contributed by atoms with Crippen molar-refractivity contribution in [2.75, 3.05) is 16.0 Å². The van der Waals surface area contributed by atoms with Gasteiger partial charge in [-0.3, -0.25) is 10.6 Å². The molecule has 3 aromatic carbocycles. The summed E-state index contributed by atoms with van der Waals surface area (Å²) >= 11 is 0. The zero-order chi connectivity index (χ0) is 32.1. The van der Waals surface area contributed by atoms with E-state index in [1.54, 1.807) is 35.1 Å². The van der Waals surface area contributed by atoms with Crippen molar-refractivity contribution >= 4 is 40.2 Å². The van der Waals surface area contributed by atoms with Gasteiger partial charge in [0, 0.05) is 40.2 Å². The molecule has 5 aromatic rings. The van der Waals surface area contributed by atoms with Gasteiger partial charge in [-0.15, -0.1) is 0 Å². The fourth-order valence-electron chi connectivity index (χ4n) is 4.53. The maximum Gasteiger partial charge on any atom is 0.324 e. The van der Waals surface area contributed by atoms with Gasteiger partial charge in [0.15, 0.2) is 0 Å². The van der Waals surface area contributed by atoms with Crippen molar-refractivity contribution in [3.05, 3.63) is 109 Å². The lowest BCUT2D eigenvalue weighted by atomic mass is 9.92. The molecular formula is C35H37N7O3. The van der Waals surface area contributed by atoms with E-state index in [1.807, 2.05) is 68.4 Å². The number of fused-ring (bicyclic) bond motifs is 1. The Hall–Kier alpha value is -5.64. The molecule has 0 bridgehead atoms. The second-order valence-electron chi connectivity index (χ2n) is 11.7. The summed E-state index contributed by atoms with van der Waals surface area (Å²) in [7, 11) is 0. The summed E-state index contributed by atoms with van der Waals surface area (Å²) in [6, 6.07) is 23.6. The third-order valence-corrected chi connectivity index (χ3v) is 7.05. The van der Waals surface area contributed by atoms with E-state index in [0.29, 0.717) is 40.9 Å². The first kappa shape index (κ1) is 30.8. The minimum Gasteiger partial charge on any atom is -0.457 e. The first-order valence-corrected chi connectivity index (χ1v) is 14.7. The molecule has 2 heterocycles. The van der Waals surface area contributed by atoms with Crippen molar-refractivity contribution in [2.45, 2.75) is 46.5 Å². The van der Waals surface area contributed by atoms with E-state index in [2.05, 4.69) is 53.6 Å². The number of rotatable bonds is 8. The van der Waals surface area contributed by atoms with Crippen LogP contribution in [0.4, 0.5) is 26.9 Å². The molecule has 10 nitrogen and oxygen atoms in total. The van der Waals surface area contributed by atoms with Gasteiger partial charge in [0.25, 0.3) is 0 Å². The molecule has 5 rings (SSSR count). The van der Waals surface area contributed by atoms with E-state index in [0.717, 1.165) is 27.7 Å². The van der Waals surface area contributed by atoms with Crippen LogP contribution < -0.4 is 26.0 Å². The van der Waals surface area contributed by atoms with Crippen LogP contribution in [-0.4, -0.2) is 26.8 Å². The predicted octanol–water partition coefficient (Wildman–Crippen LogP) is 8.51. The number of pyridine rings is 1. The van der Waals surface area contributed by atoms with Crippen LogP contribution >= 0.6 is 0 Å². The molecule has 0 aliphatic carbocycles. The summed E-state index contributed by atoms with van der Waals surface area (Å²) in [5, 5.41) is 17.7. The number of amides is 4. The molecule has 4 N–H and O–H groups in total. The Morgan fingerprint density at radius 3 is 2.33 bits per heavy atom. The molecular weight excluding hydrogens is 566 g/mol. The Labute approximate surface area is 262 Å². The summed E-state index contributed by atoms with van der Waals surface area (Å²) in [4.78, 5) is 29.8.